The van der Waals surface area contributed by atoms with Gasteiger partial charge in [-0.2, -0.15) is 0 Å². The highest BCUT2D eigenvalue weighted by atomic mass is 16.5. The molecule has 0 radical (unpaired) electrons. The van der Waals surface area contributed by atoms with Crippen LogP contribution in [0.1, 0.15) is 44.6 Å². The van der Waals surface area contributed by atoms with Gasteiger partial charge >= 0.3 is 0 Å². The minimum atomic E-state index is -0.871. The van der Waals surface area contributed by atoms with E-state index in [4.69, 9.17) is 4.74 Å². The largest absolute Gasteiger partial charge is 0.373 e. The van der Waals surface area contributed by atoms with Crippen LogP contribution in [0.25, 0.3) is 0 Å². The number of ether oxygens (including phenoxy) is 1. The Morgan fingerprint density at radius 3 is 2.55 bits per heavy atom. The Morgan fingerprint density at radius 2 is 1.90 bits per heavy atom. The zero-order valence-corrected chi connectivity index (χ0v) is 12.5. The zero-order valence-electron chi connectivity index (χ0n) is 12.5. The maximum atomic E-state index is 10.9. The van der Waals surface area contributed by atoms with E-state index in [0.29, 0.717) is 19.1 Å². The maximum absolute atomic E-state index is 10.9. The molecule has 1 aromatic rings. The summed E-state index contributed by atoms with van der Waals surface area (Å²) < 4.78 is 5.78. The molecule has 1 saturated carbocycles. The first-order valence-electron chi connectivity index (χ1n) is 7.83. The van der Waals surface area contributed by atoms with Gasteiger partial charge < -0.3 is 9.84 Å². The van der Waals surface area contributed by atoms with Crippen molar-refractivity contribution in [3.63, 3.8) is 0 Å². The molecule has 1 fully saturated rings. The number of benzene rings is 1. The van der Waals surface area contributed by atoms with E-state index >= 15 is 0 Å². The van der Waals surface area contributed by atoms with Crippen molar-refractivity contribution in [3.05, 3.63) is 35.9 Å². The molecule has 0 saturated heterocycles. The number of likely N-dealkylation sites (N-methyl/N-ethyl adjacent to an activating group) is 1. The number of nitrogens with one attached hydrogen (secondary N) is 1. The van der Waals surface area contributed by atoms with Gasteiger partial charge in [0.15, 0.2) is 0 Å². The summed E-state index contributed by atoms with van der Waals surface area (Å²) in [7, 11) is 0. The van der Waals surface area contributed by atoms with Gasteiger partial charge in [-0.15, -0.1) is 0 Å². The molecule has 0 bridgehead atoms. The van der Waals surface area contributed by atoms with Crippen molar-refractivity contribution < 1.29 is 9.84 Å². The fraction of sp³-hybridized carbons (Fsp3) is 0.647. The van der Waals surface area contributed by atoms with Crippen molar-refractivity contribution in [2.24, 2.45) is 5.92 Å². The summed E-state index contributed by atoms with van der Waals surface area (Å²) in [6.07, 6.45) is 5.92. The lowest BCUT2D eigenvalue weighted by Crippen LogP contribution is -2.55. The minimum Gasteiger partial charge on any atom is -0.373 e. The van der Waals surface area contributed by atoms with Crippen LogP contribution in [0, 0.1) is 5.92 Å². The second-order valence-corrected chi connectivity index (χ2v) is 5.77. The highest BCUT2D eigenvalue weighted by Crippen LogP contribution is 2.31. The van der Waals surface area contributed by atoms with E-state index in [0.717, 1.165) is 24.9 Å². The Morgan fingerprint density at radius 1 is 1.20 bits per heavy atom. The van der Waals surface area contributed by atoms with Gasteiger partial charge in [0.05, 0.1) is 13.2 Å². The minimum absolute atomic E-state index is 0.312. The molecule has 2 rings (SSSR count). The van der Waals surface area contributed by atoms with Crippen LogP contribution in [-0.4, -0.2) is 24.0 Å². The zero-order chi connectivity index (χ0) is 14.3. The van der Waals surface area contributed by atoms with E-state index in [1.807, 2.05) is 37.3 Å². The summed E-state index contributed by atoms with van der Waals surface area (Å²) in [6.45, 7) is 3.72. The van der Waals surface area contributed by atoms with E-state index in [1.54, 1.807) is 0 Å². The van der Waals surface area contributed by atoms with Crippen molar-refractivity contribution in [3.8, 4) is 0 Å². The number of hydrogen-bond acceptors (Lipinski definition) is 3. The summed E-state index contributed by atoms with van der Waals surface area (Å²) in [5, 5.41) is 14.1. The average Bonchev–Trinajstić information content (AvgIpc) is 2.49. The van der Waals surface area contributed by atoms with Crippen molar-refractivity contribution in [1.82, 2.24) is 5.32 Å². The van der Waals surface area contributed by atoms with Crippen molar-refractivity contribution in [2.45, 2.75) is 51.4 Å². The third kappa shape index (κ3) is 4.30. The van der Waals surface area contributed by atoms with E-state index in [1.165, 1.54) is 19.3 Å². The van der Waals surface area contributed by atoms with E-state index in [-0.39, 0.29) is 0 Å². The molecule has 1 aliphatic carbocycles. The molecule has 3 nitrogen and oxygen atoms in total. The Labute approximate surface area is 122 Å². The van der Waals surface area contributed by atoms with E-state index < -0.39 is 5.72 Å². The van der Waals surface area contributed by atoms with E-state index in [2.05, 4.69) is 5.32 Å². The molecule has 0 heterocycles. The maximum Gasteiger partial charge on any atom is 0.142 e. The van der Waals surface area contributed by atoms with Gasteiger partial charge in [0.2, 0.25) is 0 Å². The summed E-state index contributed by atoms with van der Waals surface area (Å²) >= 11 is 0. The van der Waals surface area contributed by atoms with Crippen LogP contribution < -0.4 is 5.32 Å². The van der Waals surface area contributed by atoms with Gasteiger partial charge in [0.1, 0.15) is 5.72 Å². The van der Waals surface area contributed by atoms with Gasteiger partial charge in [-0.3, -0.25) is 5.32 Å². The lowest BCUT2D eigenvalue weighted by atomic mass is 9.81. The fourth-order valence-electron chi connectivity index (χ4n) is 3.10. The molecule has 0 spiro atoms. The SMILES string of the molecule is CCNC(O)(COCc1ccccc1)C1CCCCC1. The lowest BCUT2D eigenvalue weighted by Gasteiger charge is -2.38. The molecule has 1 aromatic carbocycles. The van der Waals surface area contributed by atoms with Gasteiger partial charge in [-0.25, -0.2) is 0 Å². The molecule has 0 aliphatic heterocycles. The molecule has 112 valence electrons. The van der Waals surface area contributed by atoms with Crippen molar-refractivity contribution in [2.75, 3.05) is 13.2 Å². The van der Waals surface area contributed by atoms with Gasteiger partial charge in [0, 0.05) is 5.92 Å². The Bertz CT molecular complexity index is 376. The first-order chi connectivity index (χ1) is 9.74. The average molecular weight is 277 g/mol. The Hall–Kier alpha value is -0.900. The molecule has 3 heteroatoms. The monoisotopic (exact) mass is 277 g/mol. The predicted octanol–water partition coefficient (Wildman–Crippen LogP) is 3.08. The first-order valence-corrected chi connectivity index (χ1v) is 7.83. The van der Waals surface area contributed by atoms with Crippen LogP contribution in [0.5, 0.6) is 0 Å². The van der Waals surface area contributed by atoms with Gasteiger partial charge in [-0.1, -0.05) is 56.5 Å². The molecule has 20 heavy (non-hydrogen) atoms. The Kier molecular flexibility index (Phi) is 6.02. The fourth-order valence-corrected chi connectivity index (χ4v) is 3.10. The number of rotatable bonds is 7. The second-order valence-electron chi connectivity index (χ2n) is 5.77. The molecular weight excluding hydrogens is 250 g/mol. The summed E-state index contributed by atoms with van der Waals surface area (Å²) in [6, 6.07) is 10.1. The quantitative estimate of drug-likeness (QED) is 0.753. The summed E-state index contributed by atoms with van der Waals surface area (Å²) in [5.74, 6) is 0.312. The van der Waals surface area contributed by atoms with E-state index in [9.17, 15) is 5.11 Å². The predicted molar refractivity (Wildman–Crippen MR) is 81.3 cm³/mol. The molecule has 1 unspecified atom stereocenters. The number of aliphatic hydroxyl groups is 1. The van der Waals surface area contributed by atoms with Gasteiger partial charge in [0.25, 0.3) is 0 Å². The van der Waals surface area contributed by atoms with Crippen LogP contribution in [0.2, 0.25) is 0 Å². The van der Waals surface area contributed by atoms with Crippen LogP contribution in [0.4, 0.5) is 0 Å². The highest BCUT2D eigenvalue weighted by molar-refractivity contribution is 5.13. The standard InChI is InChI=1S/C17H27NO2/c1-2-18-17(19,16-11-7-4-8-12-16)14-20-13-15-9-5-3-6-10-15/h3,5-6,9-10,16,18-19H,2,4,7-8,11-14H2,1H3. The topological polar surface area (TPSA) is 41.5 Å². The summed E-state index contributed by atoms with van der Waals surface area (Å²) in [4.78, 5) is 0. The molecule has 1 atom stereocenters. The lowest BCUT2D eigenvalue weighted by molar-refractivity contribution is -0.119. The van der Waals surface area contributed by atoms with Crippen LogP contribution in [0.3, 0.4) is 0 Å². The summed E-state index contributed by atoms with van der Waals surface area (Å²) in [5.41, 5.74) is 0.277. The smallest absolute Gasteiger partial charge is 0.142 e. The van der Waals surface area contributed by atoms with Crippen LogP contribution in [-0.2, 0) is 11.3 Å². The van der Waals surface area contributed by atoms with Crippen molar-refractivity contribution in [1.29, 1.82) is 0 Å². The van der Waals surface area contributed by atoms with Crippen LogP contribution >= 0.6 is 0 Å². The highest BCUT2D eigenvalue weighted by Gasteiger charge is 2.36. The normalized spacial score (nSPS) is 19.7. The molecular formula is C17H27NO2. The third-order valence-electron chi connectivity index (χ3n) is 4.20. The first kappa shape index (κ1) is 15.5. The Balaban J connectivity index is 1.87. The second kappa shape index (κ2) is 7.77. The van der Waals surface area contributed by atoms with Crippen molar-refractivity contribution >= 4 is 0 Å². The third-order valence-corrected chi connectivity index (χ3v) is 4.20. The molecule has 1 aliphatic rings. The van der Waals surface area contributed by atoms with Crippen LogP contribution in [0.15, 0.2) is 30.3 Å². The molecule has 0 aromatic heterocycles. The van der Waals surface area contributed by atoms with Gasteiger partial charge in [-0.05, 0) is 24.9 Å². The molecule has 0 amide bonds. The molecule has 2 N–H and O–H groups in total. The number of hydrogen-bond donors (Lipinski definition) is 2.